The van der Waals surface area contributed by atoms with Gasteiger partial charge in [-0.1, -0.05) is 13.0 Å². The Hall–Kier alpha value is -2.71. The Balaban J connectivity index is 3.45. The van der Waals surface area contributed by atoms with E-state index in [2.05, 4.69) is 0 Å². The summed E-state index contributed by atoms with van der Waals surface area (Å²) in [6, 6.07) is 0. The van der Waals surface area contributed by atoms with Crippen molar-refractivity contribution in [3.05, 3.63) is 48.8 Å². The van der Waals surface area contributed by atoms with Gasteiger partial charge in [-0.2, -0.15) is 0 Å². The molecule has 1 rings (SSSR count). The van der Waals surface area contributed by atoms with Gasteiger partial charge in [0.2, 0.25) is 0 Å². The number of nitrogens with zero attached hydrogens (tertiary/aromatic N) is 3. The van der Waals surface area contributed by atoms with E-state index < -0.39 is 27.8 Å². The quantitative estimate of drug-likeness (QED) is 0.459. The third-order valence-corrected chi connectivity index (χ3v) is 2.93. The maximum Gasteiger partial charge on any atom is 0.350 e. The van der Waals surface area contributed by atoms with Crippen LogP contribution in [0.25, 0.3) is 0 Å². The molecule has 0 aromatic carbocycles. The van der Waals surface area contributed by atoms with Gasteiger partial charge in [0.05, 0.1) is 11.1 Å². The van der Waals surface area contributed by atoms with Crippen molar-refractivity contribution in [1.82, 2.24) is 9.13 Å². The van der Waals surface area contributed by atoms with Gasteiger partial charge >= 0.3 is 22.9 Å². The average Bonchev–Trinajstić information content (AvgIpc) is 2.42. The van der Waals surface area contributed by atoms with Crippen LogP contribution < -0.4 is 11.2 Å². The van der Waals surface area contributed by atoms with Gasteiger partial charge in [-0.05, 0) is 13.3 Å². The lowest BCUT2D eigenvalue weighted by Gasteiger charge is -2.07. The highest BCUT2D eigenvalue weighted by Crippen LogP contribution is 2.03. The van der Waals surface area contributed by atoms with Gasteiger partial charge in [0.1, 0.15) is 0 Å². The first kappa shape index (κ1) is 16.3. The molecule has 0 atom stereocenters. The third kappa shape index (κ3) is 3.44. The van der Waals surface area contributed by atoms with Crippen molar-refractivity contribution in [2.24, 2.45) is 0 Å². The second-order valence-corrected chi connectivity index (χ2v) is 4.14. The van der Waals surface area contributed by atoms with Gasteiger partial charge in [-0.15, -0.1) is 0 Å². The number of allylic oxidation sites excluding steroid dienone is 1. The van der Waals surface area contributed by atoms with Crippen LogP contribution in [0.1, 0.15) is 20.3 Å². The monoisotopic (exact) mass is 297 g/mol. The Morgan fingerprint density at radius 3 is 2.48 bits per heavy atom. The highest BCUT2D eigenvalue weighted by Gasteiger charge is 2.19. The van der Waals surface area contributed by atoms with Gasteiger partial charge in [0.25, 0.3) is 0 Å². The number of aryl methyl sites for hydroxylation is 1. The Bertz CT molecular complexity index is 713. The molecular weight excluding hydrogens is 282 g/mol. The minimum atomic E-state index is -1.16. The van der Waals surface area contributed by atoms with Crippen LogP contribution in [0.2, 0.25) is 0 Å². The molecule has 9 nitrogen and oxygen atoms in total. The van der Waals surface area contributed by atoms with Crippen molar-refractivity contribution in [1.29, 1.82) is 0 Å². The molecule has 114 valence electrons. The molecule has 0 aliphatic carbocycles. The minimum absolute atomic E-state index is 0.0239. The Morgan fingerprint density at radius 1 is 1.43 bits per heavy atom. The first-order valence-electron chi connectivity index (χ1n) is 6.24. The first-order chi connectivity index (χ1) is 9.83. The van der Waals surface area contributed by atoms with E-state index in [1.165, 1.54) is 6.08 Å². The van der Waals surface area contributed by atoms with Crippen LogP contribution in [0.3, 0.4) is 0 Å². The summed E-state index contributed by atoms with van der Waals surface area (Å²) in [4.78, 5) is 44.7. The molecule has 0 bridgehead atoms. The molecule has 0 saturated carbocycles. The summed E-state index contributed by atoms with van der Waals surface area (Å²) >= 11 is 0. The molecule has 1 heterocycles. The Labute approximate surface area is 118 Å². The second kappa shape index (κ2) is 6.64. The molecular formula is C12H15N3O6. The molecule has 21 heavy (non-hydrogen) atoms. The van der Waals surface area contributed by atoms with E-state index in [1.54, 1.807) is 13.8 Å². The SMILES string of the molecule is CCC(=CCn1c(=O)c([N+](=O)[O-])cn(CC)c1=O)C(=O)O. The zero-order valence-electron chi connectivity index (χ0n) is 11.6. The molecule has 1 aromatic rings. The summed E-state index contributed by atoms with van der Waals surface area (Å²) < 4.78 is 1.68. The van der Waals surface area contributed by atoms with E-state index >= 15 is 0 Å². The predicted octanol–water partition coefficient (Wildman–Crippen LogP) is 0.359. The fraction of sp³-hybridized carbons (Fsp3) is 0.417. The summed E-state index contributed by atoms with van der Waals surface area (Å²) in [6.45, 7) is 3.04. The summed E-state index contributed by atoms with van der Waals surface area (Å²) in [5, 5.41) is 19.7. The van der Waals surface area contributed by atoms with Gasteiger partial charge in [0.15, 0.2) is 0 Å². The van der Waals surface area contributed by atoms with Crippen LogP contribution in [-0.4, -0.2) is 25.1 Å². The fourth-order valence-corrected chi connectivity index (χ4v) is 1.74. The summed E-state index contributed by atoms with van der Waals surface area (Å²) in [6.07, 6.45) is 2.30. The standard InChI is InChI=1S/C12H15N3O6/c1-3-8(11(17)18)5-6-14-10(16)9(15(20)21)7-13(4-2)12(14)19/h5,7H,3-4,6H2,1-2H3,(H,17,18). The molecule has 0 aliphatic rings. The zero-order valence-corrected chi connectivity index (χ0v) is 11.6. The molecule has 1 aromatic heterocycles. The molecule has 0 saturated heterocycles. The lowest BCUT2D eigenvalue weighted by molar-refractivity contribution is -0.387. The molecule has 9 heteroatoms. The number of nitro groups is 1. The highest BCUT2D eigenvalue weighted by atomic mass is 16.6. The molecule has 0 spiro atoms. The van der Waals surface area contributed by atoms with E-state index in [-0.39, 0.29) is 25.1 Å². The maximum absolute atomic E-state index is 12.0. The number of hydrogen-bond acceptors (Lipinski definition) is 5. The van der Waals surface area contributed by atoms with Crippen molar-refractivity contribution >= 4 is 11.7 Å². The lowest BCUT2D eigenvalue weighted by atomic mass is 10.2. The molecule has 0 aliphatic heterocycles. The largest absolute Gasteiger partial charge is 0.478 e. The third-order valence-electron chi connectivity index (χ3n) is 2.93. The van der Waals surface area contributed by atoms with Crippen molar-refractivity contribution < 1.29 is 14.8 Å². The normalized spacial score (nSPS) is 11.4. The number of carbonyl (C=O) groups is 1. The van der Waals surface area contributed by atoms with E-state index in [0.29, 0.717) is 4.57 Å². The van der Waals surface area contributed by atoms with Crippen molar-refractivity contribution in [3.63, 3.8) is 0 Å². The molecule has 0 unspecified atom stereocenters. The number of rotatable bonds is 6. The van der Waals surface area contributed by atoms with E-state index in [0.717, 1.165) is 10.8 Å². The average molecular weight is 297 g/mol. The van der Waals surface area contributed by atoms with Crippen LogP contribution >= 0.6 is 0 Å². The Kier molecular flexibility index (Phi) is 5.17. The minimum Gasteiger partial charge on any atom is -0.478 e. The second-order valence-electron chi connectivity index (χ2n) is 4.14. The lowest BCUT2D eigenvalue weighted by Crippen LogP contribution is -2.40. The van der Waals surface area contributed by atoms with Crippen LogP contribution in [-0.2, 0) is 17.9 Å². The fourth-order valence-electron chi connectivity index (χ4n) is 1.74. The van der Waals surface area contributed by atoms with E-state index in [9.17, 15) is 24.5 Å². The predicted molar refractivity (Wildman–Crippen MR) is 73.3 cm³/mol. The van der Waals surface area contributed by atoms with Crippen LogP contribution in [0.4, 0.5) is 5.69 Å². The number of hydrogen-bond donors (Lipinski definition) is 1. The molecule has 1 N–H and O–H groups in total. The van der Waals surface area contributed by atoms with Crippen LogP contribution in [0.15, 0.2) is 27.4 Å². The van der Waals surface area contributed by atoms with Gasteiger partial charge in [-0.25, -0.2) is 9.59 Å². The Morgan fingerprint density at radius 2 is 2.05 bits per heavy atom. The van der Waals surface area contributed by atoms with Crippen molar-refractivity contribution in [2.45, 2.75) is 33.4 Å². The zero-order chi connectivity index (χ0) is 16.2. The number of carboxylic acid groups (broad SMARTS) is 1. The van der Waals surface area contributed by atoms with E-state index in [1.807, 2.05) is 0 Å². The number of carboxylic acids is 1. The first-order valence-corrected chi connectivity index (χ1v) is 6.24. The molecule has 0 fully saturated rings. The molecule has 0 radical (unpaired) electrons. The maximum atomic E-state index is 12.0. The highest BCUT2D eigenvalue weighted by molar-refractivity contribution is 5.86. The molecule has 0 amide bonds. The smallest absolute Gasteiger partial charge is 0.350 e. The summed E-state index contributed by atoms with van der Waals surface area (Å²) in [5.41, 5.74) is -2.47. The van der Waals surface area contributed by atoms with Gasteiger partial charge in [-0.3, -0.25) is 24.0 Å². The topological polar surface area (TPSA) is 124 Å². The number of aromatic nitrogens is 2. The van der Waals surface area contributed by atoms with Crippen LogP contribution in [0, 0.1) is 10.1 Å². The summed E-state index contributed by atoms with van der Waals surface area (Å²) in [7, 11) is 0. The van der Waals surface area contributed by atoms with Crippen LogP contribution in [0.5, 0.6) is 0 Å². The van der Waals surface area contributed by atoms with Crippen molar-refractivity contribution in [2.75, 3.05) is 0 Å². The van der Waals surface area contributed by atoms with Crippen molar-refractivity contribution in [3.8, 4) is 0 Å². The van der Waals surface area contributed by atoms with E-state index in [4.69, 9.17) is 5.11 Å². The summed E-state index contributed by atoms with van der Waals surface area (Å²) in [5.74, 6) is -1.16. The number of aliphatic carboxylic acids is 1. The van der Waals surface area contributed by atoms with Gasteiger partial charge in [0, 0.05) is 18.7 Å². The van der Waals surface area contributed by atoms with Gasteiger partial charge < -0.3 is 5.11 Å².